The van der Waals surface area contributed by atoms with Gasteiger partial charge in [0.25, 0.3) is 5.91 Å². The van der Waals surface area contributed by atoms with E-state index in [0.717, 1.165) is 5.75 Å². The Balaban J connectivity index is 1.57. The first-order valence-electron chi connectivity index (χ1n) is 10.7. The van der Waals surface area contributed by atoms with Gasteiger partial charge in [-0.05, 0) is 53.8 Å². The number of rotatable bonds is 7. The summed E-state index contributed by atoms with van der Waals surface area (Å²) in [5, 5.41) is 5.66. The second-order valence-corrected chi connectivity index (χ2v) is 10.1. The van der Waals surface area contributed by atoms with Crippen LogP contribution in [0.25, 0.3) is 0 Å². The molecule has 3 rings (SSSR count). The van der Waals surface area contributed by atoms with Crippen LogP contribution in [0, 0.1) is 0 Å². The van der Waals surface area contributed by atoms with E-state index < -0.39 is 0 Å². The fourth-order valence-electron chi connectivity index (χ4n) is 3.11. The van der Waals surface area contributed by atoms with Crippen LogP contribution in [0.3, 0.4) is 0 Å². The third kappa shape index (κ3) is 6.72. The topological polar surface area (TPSA) is 58.2 Å². The number of carbonyl (C=O) groups is 2. The molecule has 0 unspecified atom stereocenters. The molecule has 0 fully saturated rings. The molecule has 32 heavy (non-hydrogen) atoms. The van der Waals surface area contributed by atoms with E-state index in [9.17, 15) is 9.59 Å². The van der Waals surface area contributed by atoms with Crippen molar-refractivity contribution in [3.63, 3.8) is 0 Å². The van der Waals surface area contributed by atoms with E-state index in [1.165, 1.54) is 11.1 Å². The van der Waals surface area contributed by atoms with Gasteiger partial charge in [-0.25, -0.2) is 0 Å². The molecule has 0 aliphatic rings. The molecule has 0 spiro atoms. The Labute approximate surface area is 194 Å². The molecule has 3 aromatic rings. The average Bonchev–Trinajstić information content (AvgIpc) is 2.78. The zero-order valence-electron chi connectivity index (χ0n) is 19.0. The predicted molar refractivity (Wildman–Crippen MR) is 135 cm³/mol. The van der Waals surface area contributed by atoms with Gasteiger partial charge in [0.15, 0.2) is 0 Å². The molecule has 0 radical (unpaired) electrons. The summed E-state index contributed by atoms with van der Waals surface area (Å²) in [5.41, 5.74) is 4.30. The molecule has 4 nitrogen and oxygen atoms in total. The molecule has 0 saturated heterocycles. The minimum Gasteiger partial charge on any atom is -0.325 e. The summed E-state index contributed by atoms with van der Waals surface area (Å²) >= 11 is 1.59. The lowest BCUT2D eigenvalue weighted by Crippen LogP contribution is -2.22. The molecule has 2 N–H and O–H groups in total. The minimum atomic E-state index is -0.199. The van der Waals surface area contributed by atoms with Crippen LogP contribution in [0.15, 0.2) is 78.9 Å². The largest absolute Gasteiger partial charge is 0.325 e. The number of anilines is 2. The fraction of sp³-hybridized carbons (Fsp3) is 0.259. The summed E-state index contributed by atoms with van der Waals surface area (Å²) in [6.07, 6.45) is 0. The van der Waals surface area contributed by atoms with Gasteiger partial charge < -0.3 is 10.6 Å². The van der Waals surface area contributed by atoms with Gasteiger partial charge in [-0.2, -0.15) is 0 Å². The predicted octanol–water partition coefficient (Wildman–Crippen LogP) is 6.50. The van der Waals surface area contributed by atoms with Crippen LogP contribution >= 0.6 is 11.8 Å². The van der Waals surface area contributed by atoms with Crippen molar-refractivity contribution in [2.24, 2.45) is 0 Å². The summed E-state index contributed by atoms with van der Waals surface area (Å²) in [6.45, 7) is 8.32. The van der Waals surface area contributed by atoms with Crippen LogP contribution in [0.1, 0.15) is 49.2 Å². The first-order chi connectivity index (χ1) is 15.2. The Hall–Kier alpha value is -3.05. The van der Waals surface area contributed by atoms with Crippen LogP contribution in [0.5, 0.6) is 0 Å². The Kier molecular flexibility index (Phi) is 7.75. The Morgan fingerprint density at radius 3 is 2.09 bits per heavy atom. The van der Waals surface area contributed by atoms with Crippen LogP contribution in [-0.2, 0) is 16.0 Å². The molecular formula is C27H30N2O2S. The fourth-order valence-corrected chi connectivity index (χ4v) is 3.96. The van der Waals surface area contributed by atoms with Crippen molar-refractivity contribution >= 4 is 35.0 Å². The van der Waals surface area contributed by atoms with Crippen LogP contribution in [0.2, 0.25) is 0 Å². The highest BCUT2D eigenvalue weighted by Crippen LogP contribution is 2.23. The molecule has 0 aromatic heterocycles. The number of carbonyl (C=O) groups excluding carboxylic acids is 2. The third-order valence-corrected chi connectivity index (χ3v) is 6.33. The van der Waals surface area contributed by atoms with Gasteiger partial charge in [0.05, 0.1) is 5.25 Å². The maximum Gasteiger partial charge on any atom is 0.255 e. The van der Waals surface area contributed by atoms with Crippen molar-refractivity contribution < 1.29 is 9.59 Å². The van der Waals surface area contributed by atoms with E-state index in [1.807, 2.05) is 67.6 Å². The average molecular weight is 447 g/mol. The van der Waals surface area contributed by atoms with Gasteiger partial charge >= 0.3 is 0 Å². The molecule has 0 bridgehead atoms. The number of hydrogen-bond acceptors (Lipinski definition) is 3. The Bertz CT molecular complexity index is 1060. The zero-order valence-corrected chi connectivity index (χ0v) is 19.8. The maximum absolute atomic E-state index is 12.6. The summed E-state index contributed by atoms with van der Waals surface area (Å²) in [5.74, 6) is 0.535. The Morgan fingerprint density at radius 1 is 0.844 bits per heavy atom. The molecule has 1 atom stereocenters. The van der Waals surface area contributed by atoms with Gasteiger partial charge in [0.2, 0.25) is 5.91 Å². The van der Waals surface area contributed by atoms with E-state index >= 15 is 0 Å². The number of nitrogens with one attached hydrogen (secondary N) is 2. The van der Waals surface area contributed by atoms with E-state index in [4.69, 9.17) is 0 Å². The lowest BCUT2D eigenvalue weighted by atomic mass is 9.87. The summed E-state index contributed by atoms with van der Waals surface area (Å²) in [7, 11) is 0. The first kappa shape index (κ1) is 23.6. The molecule has 0 aliphatic heterocycles. The SMILES string of the molecule is C[C@H](SCc1ccccc1)C(=O)Nc1cccc(NC(=O)c2ccc(C(C)(C)C)cc2)c1. The first-order valence-corrected chi connectivity index (χ1v) is 11.8. The number of benzene rings is 3. The van der Waals surface area contributed by atoms with Gasteiger partial charge in [0, 0.05) is 22.7 Å². The number of amides is 2. The zero-order chi connectivity index (χ0) is 23.1. The molecule has 166 valence electrons. The summed E-state index contributed by atoms with van der Waals surface area (Å²) in [6, 6.07) is 25.0. The van der Waals surface area contributed by atoms with Crippen LogP contribution in [-0.4, -0.2) is 17.1 Å². The quantitative estimate of drug-likeness (QED) is 0.436. The monoisotopic (exact) mass is 446 g/mol. The lowest BCUT2D eigenvalue weighted by Gasteiger charge is -2.19. The summed E-state index contributed by atoms with van der Waals surface area (Å²) in [4.78, 5) is 25.2. The molecule has 0 aliphatic carbocycles. The van der Waals surface area contributed by atoms with Crippen molar-refractivity contribution in [3.8, 4) is 0 Å². The van der Waals surface area contributed by atoms with Crippen molar-refractivity contribution in [3.05, 3.63) is 95.6 Å². The van der Waals surface area contributed by atoms with Crippen LogP contribution < -0.4 is 10.6 Å². The van der Waals surface area contributed by atoms with Gasteiger partial charge in [-0.1, -0.05) is 69.3 Å². The molecule has 2 amide bonds. The number of hydrogen-bond donors (Lipinski definition) is 2. The van der Waals surface area contributed by atoms with Crippen molar-refractivity contribution in [1.82, 2.24) is 0 Å². The second kappa shape index (κ2) is 10.5. The van der Waals surface area contributed by atoms with E-state index in [-0.39, 0.29) is 22.5 Å². The minimum absolute atomic E-state index is 0.0397. The highest BCUT2D eigenvalue weighted by molar-refractivity contribution is 7.99. The van der Waals surface area contributed by atoms with Gasteiger partial charge in [0.1, 0.15) is 0 Å². The molecular weight excluding hydrogens is 416 g/mol. The second-order valence-electron chi connectivity index (χ2n) is 8.79. The molecule has 3 aromatic carbocycles. The van der Waals surface area contributed by atoms with Crippen molar-refractivity contribution in [1.29, 1.82) is 0 Å². The highest BCUT2D eigenvalue weighted by Gasteiger charge is 2.16. The van der Waals surface area contributed by atoms with E-state index in [2.05, 4.69) is 43.5 Å². The summed E-state index contributed by atoms with van der Waals surface area (Å²) < 4.78 is 0. The standard InChI is InChI=1S/C27H30N2O2S/c1-19(32-18-20-9-6-5-7-10-20)25(30)28-23-11-8-12-24(17-23)29-26(31)21-13-15-22(16-14-21)27(2,3)4/h5-17,19H,18H2,1-4H3,(H,28,30)(H,29,31)/t19-/m0/s1. The van der Waals surface area contributed by atoms with E-state index in [1.54, 1.807) is 17.8 Å². The number of thioether (sulfide) groups is 1. The smallest absolute Gasteiger partial charge is 0.255 e. The normalized spacial score (nSPS) is 12.1. The lowest BCUT2D eigenvalue weighted by molar-refractivity contribution is -0.115. The van der Waals surface area contributed by atoms with Crippen molar-refractivity contribution in [2.75, 3.05) is 10.6 Å². The van der Waals surface area contributed by atoms with Crippen molar-refractivity contribution in [2.45, 2.75) is 44.1 Å². The Morgan fingerprint density at radius 2 is 1.47 bits per heavy atom. The van der Waals surface area contributed by atoms with Crippen LogP contribution in [0.4, 0.5) is 11.4 Å². The molecule has 5 heteroatoms. The highest BCUT2D eigenvalue weighted by atomic mass is 32.2. The molecule has 0 heterocycles. The van der Waals surface area contributed by atoms with Gasteiger partial charge in [-0.3, -0.25) is 9.59 Å². The van der Waals surface area contributed by atoms with Gasteiger partial charge in [-0.15, -0.1) is 11.8 Å². The molecule has 0 saturated carbocycles. The third-order valence-electron chi connectivity index (χ3n) is 5.11. The van der Waals surface area contributed by atoms with E-state index in [0.29, 0.717) is 16.9 Å². The maximum atomic E-state index is 12.6.